The van der Waals surface area contributed by atoms with Gasteiger partial charge in [0.15, 0.2) is 0 Å². The highest BCUT2D eigenvalue weighted by Gasteiger charge is 2.05. The molecule has 0 spiro atoms. The standard InChI is InChI=1S/C12H14S/c1-4-11-8(2)5-6-10-7-9(3)13-12(10)11/h5-7H,4H2,1-3H3. The number of benzene rings is 1. The van der Waals surface area contributed by atoms with E-state index in [0.29, 0.717) is 0 Å². The number of thiophene rings is 1. The Hall–Kier alpha value is -0.820. The molecule has 2 aromatic rings. The van der Waals surface area contributed by atoms with Crippen molar-refractivity contribution in [3.05, 3.63) is 34.2 Å². The molecule has 0 N–H and O–H groups in total. The van der Waals surface area contributed by atoms with Gasteiger partial charge in [0.25, 0.3) is 0 Å². The first-order valence-electron chi connectivity index (χ1n) is 4.71. The Balaban J connectivity index is 2.82. The van der Waals surface area contributed by atoms with E-state index in [1.807, 2.05) is 11.3 Å². The third-order valence-electron chi connectivity index (χ3n) is 2.50. The summed E-state index contributed by atoms with van der Waals surface area (Å²) < 4.78 is 1.49. The molecule has 0 saturated heterocycles. The summed E-state index contributed by atoms with van der Waals surface area (Å²) in [5.41, 5.74) is 2.95. The minimum absolute atomic E-state index is 1.14. The Kier molecular flexibility index (Phi) is 2.12. The van der Waals surface area contributed by atoms with Crippen LogP contribution in [0.15, 0.2) is 18.2 Å². The first-order chi connectivity index (χ1) is 6.22. The van der Waals surface area contributed by atoms with Crippen molar-refractivity contribution in [3.8, 4) is 0 Å². The summed E-state index contributed by atoms with van der Waals surface area (Å²) in [5.74, 6) is 0. The van der Waals surface area contributed by atoms with E-state index in [1.165, 1.54) is 26.1 Å². The number of aryl methyl sites for hydroxylation is 3. The molecule has 0 bridgehead atoms. The van der Waals surface area contributed by atoms with Gasteiger partial charge in [0, 0.05) is 9.58 Å². The van der Waals surface area contributed by atoms with Gasteiger partial charge >= 0.3 is 0 Å². The molecule has 1 aromatic carbocycles. The summed E-state index contributed by atoms with van der Waals surface area (Å²) in [7, 11) is 0. The van der Waals surface area contributed by atoms with Crippen LogP contribution in [0.3, 0.4) is 0 Å². The lowest BCUT2D eigenvalue weighted by Crippen LogP contribution is -1.84. The highest BCUT2D eigenvalue weighted by molar-refractivity contribution is 7.19. The molecule has 0 radical (unpaired) electrons. The topological polar surface area (TPSA) is 0 Å². The first-order valence-corrected chi connectivity index (χ1v) is 5.52. The molecule has 0 atom stereocenters. The van der Waals surface area contributed by atoms with E-state index >= 15 is 0 Å². The minimum atomic E-state index is 1.14. The lowest BCUT2D eigenvalue weighted by Gasteiger charge is -2.03. The monoisotopic (exact) mass is 190 g/mol. The van der Waals surface area contributed by atoms with Crippen LogP contribution in [-0.4, -0.2) is 0 Å². The fourth-order valence-corrected chi connectivity index (χ4v) is 3.01. The molecule has 0 aliphatic carbocycles. The van der Waals surface area contributed by atoms with E-state index in [4.69, 9.17) is 0 Å². The number of hydrogen-bond donors (Lipinski definition) is 0. The summed E-state index contributed by atoms with van der Waals surface area (Å²) in [6, 6.07) is 6.74. The molecule has 0 fully saturated rings. The predicted octanol–water partition coefficient (Wildman–Crippen LogP) is 4.08. The Morgan fingerprint density at radius 3 is 2.69 bits per heavy atom. The van der Waals surface area contributed by atoms with Gasteiger partial charge in [-0.2, -0.15) is 0 Å². The average Bonchev–Trinajstić information content (AvgIpc) is 2.45. The molecule has 0 nitrogen and oxygen atoms in total. The quantitative estimate of drug-likeness (QED) is 0.635. The van der Waals surface area contributed by atoms with Gasteiger partial charge in [0.05, 0.1) is 0 Å². The second-order valence-electron chi connectivity index (χ2n) is 3.49. The van der Waals surface area contributed by atoms with Crippen LogP contribution in [0.4, 0.5) is 0 Å². The second-order valence-corrected chi connectivity index (χ2v) is 4.75. The maximum atomic E-state index is 2.28. The van der Waals surface area contributed by atoms with Crippen LogP contribution >= 0.6 is 11.3 Å². The van der Waals surface area contributed by atoms with Gasteiger partial charge in [0.1, 0.15) is 0 Å². The van der Waals surface area contributed by atoms with Crippen molar-refractivity contribution < 1.29 is 0 Å². The van der Waals surface area contributed by atoms with Gasteiger partial charge in [-0.1, -0.05) is 19.1 Å². The molecule has 1 aromatic heterocycles. The lowest BCUT2D eigenvalue weighted by atomic mass is 10.0. The lowest BCUT2D eigenvalue weighted by molar-refractivity contribution is 1.13. The fraction of sp³-hybridized carbons (Fsp3) is 0.333. The van der Waals surface area contributed by atoms with E-state index in [2.05, 4.69) is 39.0 Å². The van der Waals surface area contributed by atoms with Crippen molar-refractivity contribution >= 4 is 21.4 Å². The van der Waals surface area contributed by atoms with Gasteiger partial charge in [-0.25, -0.2) is 0 Å². The minimum Gasteiger partial charge on any atom is -0.140 e. The summed E-state index contributed by atoms with van der Waals surface area (Å²) in [6.45, 7) is 6.61. The summed E-state index contributed by atoms with van der Waals surface area (Å²) >= 11 is 1.92. The molecule has 13 heavy (non-hydrogen) atoms. The summed E-state index contributed by atoms with van der Waals surface area (Å²) in [4.78, 5) is 1.41. The van der Waals surface area contributed by atoms with Crippen molar-refractivity contribution in [2.45, 2.75) is 27.2 Å². The maximum Gasteiger partial charge on any atom is 0.0380 e. The molecule has 2 rings (SSSR count). The van der Waals surface area contributed by atoms with Crippen molar-refractivity contribution in [2.24, 2.45) is 0 Å². The zero-order chi connectivity index (χ0) is 9.42. The van der Waals surface area contributed by atoms with Crippen LogP contribution in [0.1, 0.15) is 22.9 Å². The van der Waals surface area contributed by atoms with E-state index < -0.39 is 0 Å². The fourth-order valence-electron chi connectivity index (χ4n) is 1.83. The Morgan fingerprint density at radius 1 is 1.23 bits per heavy atom. The molecule has 1 heterocycles. The van der Waals surface area contributed by atoms with Crippen molar-refractivity contribution in [2.75, 3.05) is 0 Å². The largest absolute Gasteiger partial charge is 0.140 e. The van der Waals surface area contributed by atoms with Gasteiger partial charge in [-0.05, 0) is 42.8 Å². The molecule has 0 saturated carbocycles. The van der Waals surface area contributed by atoms with Gasteiger partial charge in [0.2, 0.25) is 0 Å². The predicted molar refractivity (Wildman–Crippen MR) is 60.7 cm³/mol. The van der Waals surface area contributed by atoms with Crippen LogP contribution in [0.5, 0.6) is 0 Å². The first kappa shape index (κ1) is 8.76. The SMILES string of the molecule is CCc1c(C)ccc2cc(C)sc12. The summed E-state index contributed by atoms with van der Waals surface area (Å²) in [5, 5.41) is 1.41. The highest BCUT2D eigenvalue weighted by atomic mass is 32.1. The van der Waals surface area contributed by atoms with Gasteiger partial charge in [-0.15, -0.1) is 11.3 Å². The third-order valence-corrected chi connectivity index (χ3v) is 3.63. The van der Waals surface area contributed by atoms with Crippen molar-refractivity contribution in [1.82, 2.24) is 0 Å². The smallest absolute Gasteiger partial charge is 0.0380 e. The Morgan fingerprint density at radius 2 is 2.00 bits per heavy atom. The maximum absolute atomic E-state index is 2.28. The van der Waals surface area contributed by atoms with Crippen molar-refractivity contribution in [1.29, 1.82) is 0 Å². The average molecular weight is 190 g/mol. The number of fused-ring (bicyclic) bond motifs is 1. The molecule has 0 aliphatic rings. The van der Waals surface area contributed by atoms with Crippen LogP contribution in [0.2, 0.25) is 0 Å². The third kappa shape index (κ3) is 1.37. The normalized spacial score (nSPS) is 11.0. The molecular weight excluding hydrogens is 176 g/mol. The molecular formula is C12H14S. The highest BCUT2D eigenvalue weighted by Crippen LogP contribution is 2.30. The van der Waals surface area contributed by atoms with E-state index in [1.54, 1.807) is 0 Å². The van der Waals surface area contributed by atoms with E-state index in [9.17, 15) is 0 Å². The molecule has 0 amide bonds. The zero-order valence-corrected chi connectivity index (χ0v) is 9.16. The van der Waals surface area contributed by atoms with Crippen LogP contribution in [0, 0.1) is 13.8 Å². The van der Waals surface area contributed by atoms with Crippen LogP contribution in [-0.2, 0) is 6.42 Å². The zero-order valence-electron chi connectivity index (χ0n) is 8.35. The van der Waals surface area contributed by atoms with Crippen LogP contribution in [0.25, 0.3) is 10.1 Å². The molecule has 0 aliphatic heterocycles. The second kappa shape index (κ2) is 3.15. The summed E-state index contributed by atoms with van der Waals surface area (Å²) in [6.07, 6.45) is 1.14. The molecule has 0 unspecified atom stereocenters. The Labute approximate surface area is 83.2 Å². The number of hydrogen-bond acceptors (Lipinski definition) is 1. The number of rotatable bonds is 1. The van der Waals surface area contributed by atoms with Crippen molar-refractivity contribution in [3.63, 3.8) is 0 Å². The molecule has 1 heteroatoms. The van der Waals surface area contributed by atoms with Crippen LogP contribution < -0.4 is 0 Å². The van der Waals surface area contributed by atoms with E-state index in [-0.39, 0.29) is 0 Å². The Bertz CT molecular complexity index is 438. The van der Waals surface area contributed by atoms with E-state index in [0.717, 1.165) is 6.42 Å². The molecule has 68 valence electrons. The van der Waals surface area contributed by atoms with Gasteiger partial charge < -0.3 is 0 Å². The van der Waals surface area contributed by atoms with Gasteiger partial charge in [-0.3, -0.25) is 0 Å².